The molecule has 0 radical (unpaired) electrons. The molecule has 94 valence electrons. The zero-order valence-corrected chi connectivity index (χ0v) is 10.5. The van der Waals surface area contributed by atoms with Gasteiger partial charge in [-0.3, -0.25) is 9.59 Å². The van der Waals surface area contributed by atoms with E-state index < -0.39 is 0 Å². The zero-order valence-electron chi connectivity index (χ0n) is 10.5. The molecule has 0 spiro atoms. The minimum Gasteiger partial charge on any atom is -0.358 e. The van der Waals surface area contributed by atoms with Crippen LogP contribution in [0.3, 0.4) is 0 Å². The highest BCUT2D eigenvalue weighted by Crippen LogP contribution is 2.09. The van der Waals surface area contributed by atoms with Gasteiger partial charge in [-0.15, -0.1) is 0 Å². The predicted octanol–water partition coefficient (Wildman–Crippen LogP) is -0.0441. The highest BCUT2D eigenvalue weighted by molar-refractivity contribution is 5.84. The van der Waals surface area contributed by atoms with Crippen LogP contribution in [0.4, 0.5) is 0 Å². The number of nitrogens with one attached hydrogen (secondary N) is 1. The molecule has 0 saturated heterocycles. The van der Waals surface area contributed by atoms with Gasteiger partial charge in [-0.25, -0.2) is 0 Å². The standard InChI is InChI=1S/C11H23N3O2/c1-9(6-7-12)4-5-11(16)14(3)8-10(15)13-2/h9H,4-8,12H2,1-3H3,(H,13,15). The van der Waals surface area contributed by atoms with E-state index in [1.807, 2.05) is 0 Å². The molecule has 3 N–H and O–H groups in total. The summed E-state index contributed by atoms with van der Waals surface area (Å²) in [5.74, 6) is 0.320. The van der Waals surface area contributed by atoms with Gasteiger partial charge in [0.2, 0.25) is 11.8 Å². The van der Waals surface area contributed by atoms with Crippen LogP contribution in [0.2, 0.25) is 0 Å². The van der Waals surface area contributed by atoms with Crippen molar-refractivity contribution in [3.63, 3.8) is 0 Å². The first kappa shape index (κ1) is 14.9. The fourth-order valence-electron chi connectivity index (χ4n) is 1.37. The van der Waals surface area contributed by atoms with Crippen molar-refractivity contribution < 1.29 is 9.59 Å². The smallest absolute Gasteiger partial charge is 0.239 e. The minimum absolute atomic E-state index is 0.00692. The molecule has 0 aliphatic heterocycles. The van der Waals surface area contributed by atoms with Crippen molar-refractivity contribution >= 4 is 11.8 Å². The van der Waals surface area contributed by atoms with Crippen LogP contribution < -0.4 is 11.1 Å². The maximum Gasteiger partial charge on any atom is 0.239 e. The lowest BCUT2D eigenvalue weighted by atomic mass is 10.0. The van der Waals surface area contributed by atoms with Crippen LogP contribution in [-0.4, -0.2) is 43.9 Å². The molecule has 5 nitrogen and oxygen atoms in total. The molecule has 0 aliphatic rings. The topological polar surface area (TPSA) is 75.4 Å². The van der Waals surface area contributed by atoms with Crippen molar-refractivity contribution in [3.05, 3.63) is 0 Å². The number of carbonyl (C=O) groups is 2. The Morgan fingerprint density at radius 1 is 1.38 bits per heavy atom. The summed E-state index contributed by atoms with van der Waals surface area (Å²) in [6.07, 6.45) is 2.25. The van der Waals surface area contributed by atoms with Gasteiger partial charge in [0.25, 0.3) is 0 Å². The molecule has 0 aromatic rings. The van der Waals surface area contributed by atoms with Crippen LogP contribution in [-0.2, 0) is 9.59 Å². The monoisotopic (exact) mass is 229 g/mol. The molecule has 0 heterocycles. The number of hydrogen-bond donors (Lipinski definition) is 2. The van der Waals surface area contributed by atoms with Crippen molar-refractivity contribution in [2.75, 3.05) is 27.2 Å². The third kappa shape index (κ3) is 6.40. The van der Waals surface area contributed by atoms with Crippen molar-refractivity contribution in [1.29, 1.82) is 0 Å². The molecule has 2 amide bonds. The molecule has 1 unspecified atom stereocenters. The Kier molecular flexibility index (Phi) is 7.54. The third-order valence-electron chi connectivity index (χ3n) is 2.60. The normalized spacial score (nSPS) is 12.0. The first-order chi connectivity index (χ1) is 7.51. The van der Waals surface area contributed by atoms with Gasteiger partial charge in [0, 0.05) is 20.5 Å². The Hall–Kier alpha value is -1.10. The van der Waals surface area contributed by atoms with Crippen molar-refractivity contribution in [2.24, 2.45) is 11.7 Å². The van der Waals surface area contributed by atoms with Gasteiger partial charge in [0.1, 0.15) is 0 Å². The molecule has 0 fully saturated rings. The summed E-state index contributed by atoms with van der Waals surface area (Å²) < 4.78 is 0. The highest BCUT2D eigenvalue weighted by atomic mass is 16.2. The van der Waals surface area contributed by atoms with Gasteiger partial charge in [-0.1, -0.05) is 6.92 Å². The molecule has 5 heteroatoms. The lowest BCUT2D eigenvalue weighted by molar-refractivity contribution is -0.134. The average molecular weight is 229 g/mol. The Morgan fingerprint density at radius 3 is 2.50 bits per heavy atom. The number of rotatable bonds is 7. The molecule has 16 heavy (non-hydrogen) atoms. The van der Waals surface area contributed by atoms with E-state index in [0.717, 1.165) is 12.8 Å². The van der Waals surface area contributed by atoms with Gasteiger partial charge < -0.3 is 16.0 Å². The molecular weight excluding hydrogens is 206 g/mol. The van der Waals surface area contributed by atoms with E-state index in [1.165, 1.54) is 4.90 Å². The highest BCUT2D eigenvalue weighted by Gasteiger charge is 2.13. The molecule has 1 atom stereocenters. The van der Waals surface area contributed by atoms with E-state index in [9.17, 15) is 9.59 Å². The molecule has 0 aliphatic carbocycles. The van der Waals surface area contributed by atoms with Crippen LogP contribution in [0.15, 0.2) is 0 Å². The summed E-state index contributed by atoms with van der Waals surface area (Å²) in [5.41, 5.74) is 5.43. The second-order valence-corrected chi connectivity index (χ2v) is 4.14. The number of amides is 2. The molecule has 0 aromatic heterocycles. The van der Waals surface area contributed by atoms with Crippen LogP contribution in [0, 0.1) is 5.92 Å². The van der Waals surface area contributed by atoms with Gasteiger partial charge in [0.15, 0.2) is 0 Å². The summed E-state index contributed by atoms with van der Waals surface area (Å²) >= 11 is 0. The van der Waals surface area contributed by atoms with Gasteiger partial charge in [0.05, 0.1) is 6.54 Å². The van der Waals surface area contributed by atoms with E-state index in [0.29, 0.717) is 18.9 Å². The second-order valence-electron chi connectivity index (χ2n) is 4.14. The SMILES string of the molecule is CNC(=O)CN(C)C(=O)CCC(C)CCN. The molecule has 0 aromatic carbocycles. The fourth-order valence-corrected chi connectivity index (χ4v) is 1.37. The Balaban J connectivity index is 3.83. The van der Waals surface area contributed by atoms with Crippen LogP contribution in [0.25, 0.3) is 0 Å². The maximum atomic E-state index is 11.6. The zero-order chi connectivity index (χ0) is 12.6. The van der Waals surface area contributed by atoms with Crippen LogP contribution in [0.1, 0.15) is 26.2 Å². The summed E-state index contributed by atoms with van der Waals surface area (Å²) in [6, 6.07) is 0. The lowest BCUT2D eigenvalue weighted by Gasteiger charge is -2.17. The largest absolute Gasteiger partial charge is 0.358 e. The van der Waals surface area contributed by atoms with Crippen molar-refractivity contribution in [2.45, 2.75) is 26.2 Å². The molecule has 0 rings (SSSR count). The first-order valence-corrected chi connectivity index (χ1v) is 5.65. The van der Waals surface area contributed by atoms with Crippen LogP contribution >= 0.6 is 0 Å². The predicted molar refractivity (Wildman–Crippen MR) is 63.8 cm³/mol. The molecular formula is C11H23N3O2. The summed E-state index contributed by atoms with van der Waals surface area (Å²) in [6.45, 7) is 2.86. The van der Waals surface area contributed by atoms with Gasteiger partial charge >= 0.3 is 0 Å². The Labute approximate surface area is 97.4 Å². The van der Waals surface area contributed by atoms with E-state index in [-0.39, 0.29) is 18.4 Å². The first-order valence-electron chi connectivity index (χ1n) is 5.65. The average Bonchev–Trinajstić information content (AvgIpc) is 2.25. The van der Waals surface area contributed by atoms with E-state index in [4.69, 9.17) is 5.73 Å². The maximum absolute atomic E-state index is 11.6. The Bertz CT molecular complexity index is 231. The number of carbonyl (C=O) groups excluding carboxylic acids is 2. The molecule has 0 saturated carbocycles. The van der Waals surface area contributed by atoms with E-state index in [2.05, 4.69) is 12.2 Å². The number of likely N-dealkylation sites (N-methyl/N-ethyl adjacent to an activating group) is 2. The quantitative estimate of drug-likeness (QED) is 0.643. The van der Waals surface area contributed by atoms with E-state index >= 15 is 0 Å². The van der Waals surface area contributed by atoms with Gasteiger partial charge in [-0.05, 0) is 25.3 Å². The lowest BCUT2D eigenvalue weighted by Crippen LogP contribution is -2.36. The van der Waals surface area contributed by atoms with Gasteiger partial charge in [-0.2, -0.15) is 0 Å². The number of nitrogens with two attached hydrogens (primary N) is 1. The van der Waals surface area contributed by atoms with Crippen molar-refractivity contribution in [3.8, 4) is 0 Å². The van der Waals surface area contributed by atoms with Crippen molar-refractivity contribution in [1.82, 2.24) is 10.2 Å². The Morgan fingerprint density at radius 2 is 2.00 bits per heavy atom. The molecule has 0 bridgehead atoms. The fraction of sp³-hybridized carbons (Fsp3) is 0.818. The summed E-state index contributed by atoms with van der Waals surface area (Å²) in [5, 5.41) is 2.49. The minimum atomic E-state index is -0.147. The number of hydrogen-bond acceptors (Lipinski definition) is 3. The number of nitrogens with zero attached hydrogens (tertiary/aromatic N) is 1. The van der Waals surface area contributed by atoms with E-state index in [1.54, 1.807) is 14.1 Å². The summed E-state index contributed by atoms with van der Waals surface area (Å²) in [4.78, 5) is 24.1. The van der Waals surface area contributed by atoms with Crippen LogP contribution in [0.5, 0.6) is 0 Å². The summed E-state index contributed by atoms with van der Waals surface area (Å²) in [7, 11) is 3.20. The third-order valence-corrected chi connectivity index (χ3v) is 2.60. The second kappa shape index (κ2) is 8.10.